The average Bonchev–Trinajstić information content (AvgIpc) is 3.27. The maximum atomic E-state index is 13.1. The molecule has 0 saturated heterocycles. The predicted molar refractivity (Wildman–Crippen MR) is 141 cm³/mol. The minimum Gasteiger partial charge on any atom is -0.325 e. The minimum atomic E-state index is -4.64. The van der Waals surface area contributed by atoms with E-state index in [4.69, 9.17) is 11.6 Å². The summed E-state index contributed by atoms with van der Waals surface area (Å²) in [5.74, 6) is 1.71. The van der Waals surface area contributed by atoms with Crippen molar-refractivity contribution in [2.24, 2.45) is 0 Å². The smallest absolute Gasteiger partial charge is 0.325 e. The molecule has 2 heterocycles. The number of aryl methyl sites for hydroxylation is 1. The van der Waals surface area contributed by atoms with E-state index < -0.39 is 22.8 Å². The topological polar surface area (TPSA) is 137 Å². The molecule has 0 aliphatic carbocycles. The van der Waals surface area contributed by atoms with Crippen LogP contribution in [0.5, 0.6) is 0 Å². The SMILES string of the molecule is CC(=O)Nc1cc(Nc2ccnc(Cc3ccc(NC(=O)Nc4ccc(Cl)c(C(F)(F)F)c4)cc3C)n2)[nH]n1. The number of aromatic amines is 1. The van der Waals surface area contributed by atoms with Gasteiger partial charge < -0.3 is 21.3 Å². The number of H-pyrrole nitrogens is 1. The lowest BCUT2D eigenvalue weighted by Gasteiger charge is -2.13. The van der Waals surface area contributed by atoms with Crippen LogP contribution in [0.2, 0.25) is 5.02 Å². The van der Waals surface area contributed by atoms with E-state index in [1.807, 2.05) is 6.92 Å². The number of halogens is 4. The number of carbonyl (C=O) groups excluding carboxylic acids is 2. The second-order valence-corrected chi connectivity index (χ2v) is 8.83. The normalized spacial score (nSPS) is 11.1. The van der Waals surface area contributed by atoms with Crippen LogP contribution in [0, 0.1) is 6.92 Å². The lowest BCUT2D eigenvalue weighted by Crippen LogP contribution is -2.20. The molecule has 2 aromatic heterocycles. The molecular formula is C25H22ClF3N8O2. The van der Waals surface area contributed by atoms with Crippen molar-refractivity contribution < 1.29 is 22.8 Å². The number of hydrogen-bond acceptors (Lipinski definition) is 6. The Morgan fingerprint density at radius 3 is 2.38 bits per heavy atom. The van der Waals surface area contributed by atoms with Crippen LogP contribution >= 0.6 is 11.6 Å². The Kier molecular flexibility index (Phi) is 8.00. The van der Waals surface area contributed by atoms with Gasteiger partial charge in [0.1, 0.15) is 17.5 Å². The standard InChI is InChI=1S/C25H22ClF3N8O2/c1-13-9-16(32-24(39)33-17-5-6-19(26)18(11-17)25(27,28)29)4-3-15(13)10-21-30-8-7-20(34-21)35-23-12-22(36-37-23)31-14(2)38/h3-9,11-12H,10H2,1-2H3,(H2,32,33,39)(H3,30,31,34,35,36,37,38). The van der Waals surface area contributed by atoms with E-state index in [0.717, 1.165) is 23.3 Å². The summed E-state index contributed by atoms with van der Waals surface area (Å²) in [6, 6.07) is 10.9. The third-order valence-electron chi connectivity index (χ3n) is 5.33. The maximum Gasteiger partial charge on any atom is 0.417 e. The third kappa shape index (κ3) is 7.45. The molecule has 4 rings (SSSR count). The van der Waals surface area contributed by atoms with Crippen molar-refractivity contribution >= 4 is 52.4 Å². The summed E-state index contributed by atoms with van der Waals surface area (Å²) in [4.78, 5) is 32.3. The van der Waals surface area contributed by atoms with Gasteiger partial charge in [-0.15, -0.1) is 0 Å². The van der Waals surface area contributed by atoms with Crippen molar-refractivity contribution in [3.8, 4) is 0 Å². The second kappa shape index (κ2) is 11.4. The van der Waals surface area contributed by atoms with Crippen molar-refractivity contribution in [3.63, 3.8) is 0 Å². The first-order chi connectivity index (χ1) is 18.5. The number of benzene rings is 2. The zero-order chi connectivity index (χ0) is 28.2. The highest BCUT2D eigenvalue weighted by molar-refractivity contribution is 6.31. The van der Waals surface area contributed by atoms with Crippen LogP contribution in [0.3, 0.4) is 0 Å². The summed E-state index contributed by atoms with van der Waals surface area (Å²) >= 11 is 5.62. The van der Waals surface area contributed by atoms with E-state index in [0.29, 0.717) is 35.4 Å². The van der Waals surface area contributed by atoms with Gasteiger partial charge in [-0.2, -0.15) is 18.3 Å². The van der Waals surface area contributed by atoms with Crippen molar-refractivity contribution in [1.29, 1.82) is 0 Å². The summed E-state index contributed by atoms with van der Waals surface area (Å²) in [5, 5.41) is 16.9. The Morgan fingerprint density at radius 2 is 1.69 bits per heavy atom. The number of aromatic nitrogens is 4. The molecule has 0 unspecified atom stereocenters. The molecule has 0 radical (unpaired) electrons. The Morgan fingerprint density at radius 1 is 0.974 bits per heavy atom. The van der Waals surface area contributed by atoms with Gasteiger partial charge in [0.15, 0.2) is 5.82 Å². The first-order valence-corrected chi connectivity index (χ1v) is 11.8. The molecule has 0 atom stereocenters. The molecule has 0 saturated carbocycles. The summed E-state index contributed by atoms with van der Waals surface area (Å²) < 4.78 is 39.2. The van der Waals surface area contributed by atoms with Crippen LogP contribution in [0.15, 0.2) is 54.7 Å². The van der Waals surface area contributed by atoms with Crippen molar-refractivity contribution in [3.05, 3.63) is 82.3 Å². The Hall–Kier alpha value is -4.65. The van der Waals surface area contributed by atoms with Gasteiger partial charge in [0, 0.05) is 37.0 Å². The lowest BCUT2D eigenvalue weighted by molar-refractivity contribution is -0.137. The molecular weight excluding hydrogens is 537 g/mol. The third-order valence-corrected chi connectivity index (χ3v) is 5.66. The fourth-order valence-corrected chi connectivity index (χ4v) is 3.80. The molecule has 14 heteroatoms. The lowest BCUT2D eigenvalue weighted by atomic mass is 10.0. The molecule has 2 aromatic carbocycles. The summed E-state index contributed by atoms with van der Waals surface area (Å²) in [6.45, 7) is 3.23. The largest absolute Gasteiger partial charge is 0.417 e. The number of urea groups is 1. The maximum absolute atomic E-state index is 13.1. The highest BCUT2D eigenvalue weighted by Gasteiger charge is 2.33. The molecule has 3 amide bonds. The number of anilines is 5. The quantitative estimate of drug-likeness (QED) is 0.185. The number of nitrogens with zero attached hydrogens (tertiary/aromatic N) is 3. The van der Waals surface area contributed by atoms with Gasteiger partial charge >= 0.3 is 12.2 Å². The number of amides is 3. The zero-order valence-corrected chi connectivity index (χ0v) is 21.3. The summed E-state index contributed by atoms with van der Waals surface area (Å²) in [6.07, 6.45) is -2.64. The molecule has 0 fully saturated rings. The van der Waals surface area contributed by atoms with Crippen LogP contribution in [0.25, 0.3) is 0 Å². The van der Waals surface area contributed by atoms with Gasteiger partial charge in [-0.3, -0.25) is 9.89 Å². The van der Waals surface area contributed by atoms with Crippen molar-refractivity contribution in [2.75, 3.05) is 21.3 Å². The zero-order valence-electron chi connectivity index (χ0n) is 20.6. The van der Waals surface area contributed by atoms with Gasteiger partial charge in [-0.25, -0.2) is 14.8 Å². The summed E-state index contributed by atoms with van der Waals surface area (Å²) in [5.41, 5.74) is 1.10. The highest BCUT2D eigenvalue weighted by Crippen LogP contribution is 2.36. The van der Waals surface area contributed by atoms with Crippen molar-refractivity contribution in [2.45, 2.75) is 26.4 Å². The van der Waals surface area contributed by atoms with Gasteiger partial charge in [0.2, 0.25) is 5.91 Å². The van der Waals surface area contributed by atoms with E-state index in [9.17, 15) is 22.8 Å². The Labute approximate surface area is 225 Å². The van der Waals surface area contributed by atoms with Gasteiger partial charge in [-0.1, -0.05) is 17.7 Å². The fourth-order valence-electron chi connectivity index (χ4n) is 3.58. The second-order valence-electron chi connectivity index (χ2n) is 8.42. The number of alkyl halides is 3. The minimum absolute atomic E-state index is 0.0512. The van der Waals surface area contributed by atoms with Crippen LogP contribution in [0.4, 0.5) is 46.8 Å². The van der Waals surface area contributed by atoms with E-state index in [1.54, 1.807) is 36.5 Å². The average molecular weight is 559 g/mol. The number of hydrogen-bond donors (Lipinski definition) is 5. The van der Waals surface area contributed by atoms with Crippen LogP contribution in [0.1, 0.15) is 29.4 Å². The van der Waals surface area contributed by atoms with E-state index >= 15 is 0 Å². The molecule has 0 spiro atoms. The molecule has 39 heavy (non-hydrogen) atoms. The van der Waals surface area contributed by atoms with Crippen LogP contribution in [-0.2, 0) is 17.4 Å². The Balaban J connectivity index is 1.38. The van der Waals surface area contributed by atoms with E-state index in [2.05, 4.69) is 41.4 Å². The van der Waals surface area contributed by atoms with Crippen LogP contribution in [-0.4, -0.2) is 32.1 Å². The van der Waals surface area contributed by atoms with Crippen molar-refractivity contribution in [1.82, 2.24) is 20.2 Å². The fraction of sp³-hybridized carbons (Fsp3) is 0.160. The van der Waals surface area contributed by atoms with Crippen LogP contribution < -0.4 is 21.3 Å². The highest BCUT2D eigenvalue weighted by atomic mass is 35.5. The molecule has 4 aromatic rings. The summed E-state index contributed by atoms with van der Waals surface area (Å²) in [7, 11) is 0. The number of rotatable bonds is 7. The molecule has 0 aliphatic heterocycles. The Bertz CT molecular complexity index is 1520. The van der Waals surface area contributed by atoms with E-state index in [-0.39, 0.29) is 11.6 Å². The molecule has 0 aliphatic rings. The molecule has 0 bridgehead atoms. The monoisotopic (exact) mass is 558 g/mol. The number of nitrogens with one attached hydrogen (secondary N) is 5. The predicted octanol–water partition coefficient (Wildman–Crippen LogP) is 6.12. The molecule has 10 nitrogen and oxygen atoms in total. The van der Waals surface area contributed by atoms with Gasteiger partial charge in [0.25, 0.3) is 0 Å². The first kappa shape index (κ1) is 27.4. The van der Waals surface area contributed by atoms with Gasteiger partial charge in [-0.05, 0) is 54.4 Å². The molecule has 5 N–H and O–H groups in total. The first-order valence-electron chi connectivity index (χ1n) is 11.4. The molecule has 202 valence electrons. The van der Waals surface area contributed by atoms with E-state index in [1.165, 1.54) is 13.0 Å². The van der Waals surface area contributed by atoms with Gasteiger partial charge in [0.05, 0.1) is 10.6 Å². The number of carbonyl (C=O) groups is 2.